The molecule has 1 aromatic heterocycles. The number of rotatable bonds is 7. The number of benzene rings is 3. The first-order chi connectivity index (χ1) is 15.6. The molecule has 0 amide bonds. The lowest BCUT2D eigenvalue weighted by atomic mass is 10.0. The molecule has 32 heavy (non-hydrogen) atoms. The van der Waals surface area contributed by atoms with E-state index in [0.29, 0.717) is 22.7 Å². The van der Waals surface area contributed by atoms with Gasteiger partial charge >= 0.3 is 5.69 Å². The largest absolute Gasteiger partial charge is 0.491 e. The van der Waals surface area contributed by atoms with Crippen molar-refractivity contribution in [2.45, 2.75) is 12.6 Å². The zero-order valence-electron chi connectivity index (χ0n) is 17.1. The fourth-order valence-electron chi connectivity index (χ4n) is 3.19. The second kappa shape index (κ2) is 9.69. The minimum Gasteiger partial charge on any atom is -0.491 e. The molecule has 4 rings (SSSR count). The summed E-state index contributed by atoms with van der Waals surface area (Å²) < 4.78 is 6.72. The van der Waals surface area contributed by atoms with Gasteiger partial charge < -0.3 is 9.84 Å². The van der Waals surface area contributed by atoms with Crippen LogP contribution >= 0.6 is 0 Å². The first kappa shape index (κ1) is 21.0. The van der Waals surface area contributed by atoms with Crippen LogP contribution in [0.2, 0.25) is 0 Å². The first-order valence-electron chi connectivity index (χ1n) is 10.0. The molecule has 1 atom stereocenters. The quantitative estimate of drug-likeness (QED) is 0.489. The van der Waals surface area contributed by atoms with E-state index in [1.165, 1.54) is 0 Å². The second-order valence-electron chi connectivity index (χ2n) is 7.11. The predicted molar refractivity (Wildman–Crippen MR) is 120 cm³/mol. The Hall–Kier alpha value is -4.28. The lowest BCUT2D eigenvalue weighted by Crippen LogP contribution is -2.34. The third-order valence-electron chi connectivity index (χ3n) is 4.78. The Morgan fingerprint density at radius 3 is 2.09 bits per heavy atom. The number of aliphatic hydroxyl groups is 1. The molecular formula is C25H20N4O3. The first-order valence-corrected chi connectivity index (χ1v) is 10.0. The Kier molecular flexibility index (Phi) is 6.35. The van der Waals surface area contributed by atoms with Crippen LogP contribution in [0.15, 0.2) is 89.7 Å². The van der Waals surface area contributed by atoms with E-state index < -0.39 is 11.8 Å². The summed E-state index contributed by atoms with van der Waals surface area (Å²) in [5, 5.41) is 23.8. The highest BCUT2D eigenvalue weighted by atomic mass is 16.5. The Balaban J connectivity index is 1.58. The van der Waals surface area contributed by atoms with Crippen LogP contribution in [0.4, 0.5) is 0 Å². The monoisotopic (exact) mass is 424 g/mol. The van der Waals surface area contributed by atoms with Gasteiger partial charge in [-0.3, -0.25) is 0 Å². The molecule has 0 bridgehead atoms. The fraction of sp³-hybridized carbons (Fsp3) is 0.120. The molecule has 7 heteroatoms. The summed E-state index contributed by atoms with van der Waals surface area (Å²) >= 11 is 0. The van der Waals surface area contributed by atoms with Crippen molar-refractivity contribution in [3.63, 3.8) is 0 Å². The van der Waals surface area contributed by atoms with Crippen LogP contribution in [0.1, 0.15) is 5.56 Å². The minimum atomic E-state index is -0.983. The Morgan fingerprint density at radius 2 is 1.50 bits per heavy atom. The van der Waals surface area contributed by atoms with Gasteiger partial charge in [0.25, 0.3) is 0 Å². The average molecular weight is 424 g/mol. The average Bonchev–Trinajstić information content (AvgIpc) is 2.85. The van der Waals surface area contributed by atoms with Crippen molar-refractivity contribution in [3.8, 4) is 34.3 Å². The summed E-state index contributed by atoms with van der Waals surface area (Å²) in [4.78, 5) is 17.0. The molecular weight excluding hydrogens is 404 g/mol. The minimum absolute atomic E-state index is 0.0405. The van der Waals surface area contributed by atoms with Gasteiger partial charge in [0.15, 0.2) is 0 Å². The van der Waals surface area contributed by atoms with Crippen molar-refractivity contribution in [1.29, 1.82) is 5.26 Å². The highest BCUT2D eigenvalue weighted by Crippen LogP contribution is 2.27. The van der Waals surface area contributed by atoms with Gasteiger partial charge in [-0.25, -0.2) is 9.48 Å². The third-order valence-corrected chi connectivity index (χ3v) is 4.78. The molecule has 0 aliphatic rings. The van der Waals surface area contributed by atoms with E-state index >= 15 is 0 Å². The topological polar surface area (TPSA) is 101 Å². The summed E-state index contributed by atoms with van der Waals surface area (Å²) in [6.45, 7) is -0.113. The van der Waals surface area contributed by atoms with Crippen molar-refractivity contribution in [3.05, 3.63) is 101 Å². The predicted octanol–water partition coefficient (Wildman–Crippen LogP) is 3.28. The SMILES string of the molecule is N#Cc1ccc(OCC(O)Cn2nc(-c3ccccc3)c(-c3ccccc3)nc2=O)cc1. The normalized spacial score (nSPS) is 11.5. The van der Waals surface area contributed by atoms with Crippen LogP contribution < -0.4 is 10.4 Å². The number of hydrogen-bond acceptors (Lipinski definition) is 6. The molecule has 0 aliphatic heterocycles. The maximum Gasteiger partial charge on any atom is 0.364 e. The molecule has 0 aliphatic carbocycles. The number of ether oxygens (including phenoxy) is 1. The van der Waals surface area contributed by atoms with Gasteiger partial charge in [0.2, 0.25) is 0 Å². The Labute approximate surface area is 184 Å². The van der Waals surface area contributed by atoms with Crippen molar-refractivity contribution in [2.75, 3.05) is 6.61 Å². The standard InChI is InChI=1S/C25H20N4O3/c26-15-18-11-13-22(14-12-18)32-17-21(30)16-29-25(31)27-23(19-7-3-1-4-8-19)24(28-29)20-9-5-2-6-10-20/h1-14,21,30H,16-17H2. The molecule has 4 aromatic rings. The summed E-state index contributed by atoms with van der Waals surface area (Å²) in [5.74, 6) is 0.519. The van der Waals surface area contributed by atoms with Crippen LogP contribution in [0.5, 0.6) is 5.75 Å². The second-order valence-corrected chi connectivity index (χ2v) is 7.11. The number of nitriles is 1. The maximum atomic E-state index is 12.7. The van der Waals surface area contributed by atoms with Gasteiger partial charge in [-0.1, -0.05) is 60.7 Å². The maximum absolute atomic E-state index is 12.7. The van der Waals surface area contributed by atoms with E-state index in [2.05, 4.69) is 10.1 Å². The molecule has 7 nitrogen and oxygen atoms in total. The van der Waals surface area contributed by atoms with Gasteiger partial charge in [0.05, 0.1) is 18.2 Å². The van der Waals surface area contributed by atoms with Crippen molar-refractivity contribution in [1.82, 2.24) is 14.8 Å². The molecule has 1 heterocycles. The van der Waals surface area contributed by atoms with Crippen LogP contribution in [0.25, 0.3) is 22.5 Å². The van der Waals surface area contributed by atoms with Crippen LogP contribution in [-0.2, 0) is 6.54 Å². The number of nitrogens with zero attached hydrogens (tertiary/aromatic N) is 4. The van der Waals surface area contributed by atoms with Gasteiger partial charge in [-0.15, -0.1) is 0 Å². The van der Waals surface area contributed by atoms with E-state index in [0.717, 1.165) is 15.8 Å². The van der Waals surface area contributed by atoms with Crippen LogP contribution in [0.3, 0.4) is 0 Å². The molecule has 0 fully saturated rings. The van der Waals surface area contributed by atoms with E-state index in [-0.39, 0.29) is 13.2 Å². The van der Waals surface area contributed by atoms with Crippen molar-refractivity contribution < 1.29 is 9.84 Å². The third kappa shape index (κ3) is 4.89. The lowest BCUT2D eigenvalue weighted by Gasteiger charge is -2.15. The van der Waals surface area contributed by atoms with Gasteiger partial charge in [-0.05, 0) is 24.3 Å². The van der Waals surface area contributed by atoms with E-state index in [4.69, 9.17) is 10.00 Å². The molecule has 0 saturated heterocycles. The molecule has 1 unspecified atom stereocenters. The zero-order chi connectivity index (χ0) is 22.3. The number of hydrogen-bond donors (Lipinski definition) is 1. The zero-order valence-corrected chi connectivity index (χ0v) is 17.1. The summed E-state index contributed by atoms with van der Waals surface area (Å²) in [7, 11) is 0. The van der Waals surface area contributed by atoms with Crippen molar-refractivity contribution in [2.24, 2.45) is 0 Å². The Bertz CT molecular complexity index is 1280. The van der Waals surface area contributed by atoms with Gasteiger partial charge in [0, 0.05) is 11.1 Å². The highest BCUT2D eigenvalue weighted by molar-refractivity contribution is 5.77. The van der Waals surface area contributed by atoms with E-state index in [1.807, 2.05) is 66.7 Å². The van der Waals surface area contributed by atoms with E-state index in [1.54, 1.807) is 24.3 Å². The molecule has 0 spiro atoms. The van der Waals surface area contributed by atoms with Crippen LogP contribution in [-0.4, -0.2) is 32.6 Å². The number of aliphatic hydroxyl groups excluding tert-OH is 1. The van der Waals surface area contributed by atoms with Gasteiger partial charge in [-0.2, -0.15) is 15.3 Å². The molecule has 3 aromatic carbocycles. The number of aromatic nitrogens is 3. The highest BCUT2D eigenvalue weighted by Gasteiger charge is 2.16. The van der Waals surface area contributed by atoms with E-state index in [9.17, 15) is 9.90 Å². The van der Waals surface area contributed by atoms with Gasteiger partial charge in [0.1, 0.15) is 29.8 Å². The fourth-order valence-corrected chi connectivity index (χ4v) is 3.19. The summed E-state index contributed by atoms with van der Waals surface area (Å²) in [6, 6.07) is 27.5. The lowest BCUT2D eigenvalue weighted by molar-refractivity contribution is 0.0876. The van der Waals surface area contributed by atoms with Crippen molar-refractivity contribution >= 4 is 0 Å². The Morgan fingerprint density at radius 1 is 0.906 bits per heavy atom. The summed E-state index contributed by atoms with van der Waals surface area (Å²) in [6.07, 6.45) is -0.983. The summed E-state index contributed by atoms with van der Waals surface area (Å²) in [5.41, 5.74) is 2.61. The van der Waals surface area contributed by atoms with Crippen LogP contribution in [0, 0.1) is 11.3 Å². The molecule has 0 saturated carbocycles. The molecule has 158 valence electrons. The molecule has 0 radical (unpaired) electrons. The molecule has 1 N–H and O–H groups in total. The smallest absolute Gasteiger partial charge is 0.364 e.